The number of thioether (sulfide) groups is 1. The largest absolute Gasteiger partial charge is 0.478 e. The van der Waals surface area contributed by atoms with E-state index in [1.165, 1.54) is 0 Å². The standard InChI is InChI=1S/C12H13FN2O4S/c1-2-4-20-5-3-14-10-6-8(12(16)17)9(13)7-11(10)15(18)19/h2,6-7,14H,1,3-5H2,(H,16,17). The molecular formula is C12H13FN2O4S. The smallest absolute Gasteiger partial charge is 0.338 e. The quantitative estimate of drug-likeness (QED) is 0.332. The summed E-state index contributed by atoms with van der Waals surface area (Å²) in [6, 6.07) is 1.55. The molecule has 0 saturated heterocycles. The number of nitrogens with zero attached hydrogens (tertiary/aromatic N) is 1. The van der Waals surface area contributed by atoms with Crippen LogP contribution in [0.15, 0.2) is 24.8 Å². The zero-order valence-corrected chi connectivity index (χ0v) is 11.3. The Morgan fingerprint density at radius 2 is 2.30 bits per heavy atom. The molecule has 2 N–H and O–H groups in total. The molecule has 0 aliphatic carbocycles. The predicted molar refractivity (Wildman–Crippen MR) is 76.0 cm³/mol. The van der Waals surface area contributed by atoms with Crippen molar-refractivity contribution >= 4 is 29.1 Å². The van der Waals surface area contributed by atoms with Crippen LogP contribution in [-0.4, -0.2) is 34.0 Å². The Kier molecular flexibility index (Phi) is 5.98. The molecule has 20 heavy (non-hydrogen) atoms. The van der Waals surface area contributed by atoms with Crippen molar-refractivity contribution in [1.29, 1.82) is 0 Å². The lowest BCUT2D eigenvalue weighted by molar-refractivity contribution is -0.384. The summed E-state index contributed by atoms with van der Waals surface area (Å²) in [4.78, 5) is 20.9. The maximum absolute atomic E-state index is 13.4. The average Bonchev–Trinajstić information content (AvgIpc) is 2.39. The van der Waals surface area contributed by atoms with Gasteiger partial charge in [0.15, 0.2) is 0 Å². The summed E-state index contributed by atoms with van der Waals surface area (Å²) in [6.07, 6.45) is 1.73. The van der Waals surface area contributed by atoms with Crippen molar-refractivity contribution in [2.24, 2.45) is 0 Å². The fourth-order valence-corrected chi connectivity index (χ4v) is 2.02. The Morgan fingerprint density at radius 3 is 2.85 bits per heavy atom. The first-order valence-corrected chi connectivity index (χ1v) is 6.76. The number of carboxylic acids is 1. The summed E-state index contributed by atoms with van der Waals surface area (Å²) < 4.78 is 13.4. The second-order valence-corrected chi connectivity index (χ2v) is 4.85. The van der Waals surface area contributed by atoms with Crippen molar-refractivity contribution < 1.29 is 19.2 Å². The van der Waals surface area contributed by atoms with Gasteiger partial charge in [-0.25, -0.2) is 9.18 Å². The molecule has 0 bridgehead atoms. The van der Waals surface area contributed by atoms with Crippen LogP contribution in [0.1, 0.15) is 10.4 Å². The van der Waals surface area contributed by atoms with Gasteiger partial charge in [-0.05, 0) is 6.07 Å². The van der Waals surface area contributed by atoms with Gasteiger partial charge in [-0.2, -0.15) is 11.8 Å². The summed E-state index contributed by atoms with van der Waals surface area (Å²) in [5.41, 5.74) is -1.09. The van der Waals surface area contributed by atoms with Crippen molar-refractivity contribution in [1.82, 2.24) is 0 Å². The molecule has 0 heterocycles. The van der Waals surface area contributed by atoms with Crippen molar-refractivity contribution in [2.75, 3.05) is 23.4 Å². The van der Waals surface area contributed by atoms with Gasteiger partial charge in [0.2, 0.25) is 0 Å². The number of carbonyl (C=O) groups is 1. The van der Waals surface area contributed by atoms with E-state index in [0.717, 1.165) is 11.8 Å². The molecule has 6 nitrogen and oxygen atoms in total. The van der Waals surface area contributed by atoms with Crippen LogP contribution in [0.2, 0.25) is 0 Å². The van der Waals surface area contributed by atoms with Crippen molar-refractivity contribution in [2.45, 2.75) is 0 Å². The molecule has 0 fully saturated rings. The normalized spacial score (nSPS) is 10.1. The number of carboxylic acid groups (broad SMARTS) is 1. The van der Waals surface area contributed by atoms with E-state index < -0.39 is 28.0 Å². The Hall–Kier alpha value is -2.09. The molecule has 0 unspecified atom stereocenters. The minimum Gasteiger partial charge on any atom is -0.478 e. The maximum atomic E-state index is 13.4. The molecule has 8 heteroatoms. The van der Waals surface area contributed by atoms with Gasteiger partial charge in [-0.15, -0.1) is 6.58 Å². The number of anilines is 1. The minimum absolute atomic E-state index is 0.00648. The lowest BCUT2D eigenvalue weighted by atomic mass is 10.1. The van der Waals surface area contributed by atoms with E-state index in [1.54, 1.807) is 17.8 Å². The van der Waals surface area contributed by atoms with Crippen LogP contribution in [0, 0.1) is 15.9 Å². The summed E-state index contributed by atoms with van der Waals surface area (Å²) in [6.45, 7) is 3.95. The number of aromatic carboxylic acids is 1. The van der Waals surface area contributed by atoms with E-state index in [2.05, 4.69) is 11.9 Å². The Labute approximate surface area is 118 Å². The fourth-order valence-electron chi connectivity index (χ4n) is 1.44. The number of nitro benzene ring substituents is 1. The summed E-state index contributed by atoms with van der Waals surface area (Å²) in [7, 11) is 0. The highest BCUT2D eigenvalue weighted by molar-refractivity contribution is 7.99. The highest BCUT2D eigenvalue weighted by Gasteiger charge is 2.21. The van der Waals surface area contributed by atoms with Gasteiger partial charge < -0.3 is 10.4 Å². The van der Waals surface area contributed by atoms with E-state index in [0.29, 0.717) is 18.4 Å². The number of hydrogen-bond donors (Lipinski definition) is 2. The van der Waals surface area contributed by atoms with Gasteiger partial charge in [0.05, 0.1) is 16.6 Å². The summed E-state index contributed by atoms with van der Waals surface area (Å²) in [5, 5.41) is 22.4. The first-order valence-electron chi connectivity index (χ1n) is 5.61. The van der Waals surface area contributed by atoms with Gasteiger partial charge in [-0.1, -0.05) is 6.08 Å². The first-order chi connectivity index (χ1) is 9.47. The van der Waals surface area contributed by atoms with Crippen LogP contribution in [0.4, 0.5) is 15.8 Å². The maximum Gasteiger partial charge on any atom is 0.338 e. The third-order valence-electron chi connectivity index (χ3n) is 2.31. The molecule has 1 aromatic carbocycles. The van der Waals surface area contributed by atoms with Gasteiger partial charge in [0, 0.05) is 18.1 Å². The molecular weight excluding hydrogens is 287 g/mol. The zero-order valence-electron chi connectivity index (χ0n) is 10.5. The summed E-state index contributed by atoms with van der Waals surface area (Å²) in [5.74, 6) is -1.20. The third kappa shape index (κ3) is 4.23. The molecule has 0 aliphatic rings. The number of halogens is 1. The lowest BCUT2D eigenvalue weighted by Crippen LogP contribution is -2.09. The number of nitrogens with one attached hydrogen (secondary N) is 1. The molecule has 1 aromatic rings. The third-order valence-corrected chi connectivity index (χ3v) is 3.27. The van der Waals surface area contributed by atoms with Crippen molar-refractivity contribution in [3.63, 3.8) is 0 Å². The second-order valence-electron chi connectivity index (χ2n) is 3.70. The van der Waals surface area contributed by atoms with Crippen molar-refractivity contribution in [3.8, 4) is 0 Å². The Bertz CT molecular complexity index is 536. The van der Waals surface area contributed by atoms with Crippen LogP contribution in [0.25, 0.3) is 0 Å². The van der Waals surface area contributed by atoms with E-state index >= 15 is 0 Å². The molecule has 108 valence electrons. The van der Waals surface area contributed by atoms with E-state index in [1.807, 2.05) is 0 Å². The first kappa shape index (κ1) is 16.0. The van der Waals surface area contributed by atoms with E-state index in [9.17, 15) is 19.3 Å². The van der Waals surface area contributed by atoms with Crippen LogP contribution < -0.4 is 5.32 Å². The molecule has 0 spiro atoms. The zero-order chi connectivity index (χ0) is 15.1. The molecule has 0 aliphatic heterocycles. The topological polar surface area (TPSA) is 92.5 Å². The molecule has 0 atom stereocenters. The number of benzene rings is 1. The van der Waals surface area contributed by atoms with Gasteiger partial charge in [0.1, 0.15) is 11.5 Å². The average molecular weight is 300 g/mol. The summed E-state index contributed by atoms with van der Waals surface area (Å²) >= 11 is 1.56. The second kappa shape index (κ2) is 7.49. The highest BCUT2D eigenvalue weighted by Crippen LogP contribution is 2.27. The van der Waals surface area contributed by atoms with Crippen LogP contribution >= 0.6 is 11.8 Å². The molecule has 0 aromatic heterocycles. The number of nitro groups is 1. The molecule has 0 saturated carbocycles. The lowest BCUT2D eigenvalue weighted by Gasteiger charge is -2.08. The molecule has 0 amide bonds. The van der Waals surface area contributed by atoms with Gasteiger partial charge >= 0.3 is 5.97 Å². The van der Waals surface area contributed by atoms with E-state index in [-0.39, 0.29) is 5.69 Å². The van der Waals surface area contributed by atoms with E-state index in [4.69, 9.17) is 5.11 Å². The minimum atomic E-state index is -1.47. The SMILES string of the molecule is C=CCSCCNc1cc(C(=O)O)c(F)cc1[N+](=O)[O-]. The molecule has 0 radical (unpaired) electrons. The van der Waals surface area contributed by atoms with Crippen LogP contribution in [0.3, 0.4) is 0 Å². The fraction of sp³-hybridized carbons (Fsp3) is 0.250. The van der Waals surface area contributed by atoms with Crippen molar-refractivity contribution in [3.05, 3.63) is 46.3 Å². The predicted octanol–water partition coefficient (Wildman–Crippen LogP) is 2.76. The Balaban J connectivity index is 2.90. The van der Waals surface area contributed by atoms with Gasteiger partial charge in [-0.3, -0.25) is 10.1 Å². The number of hydrogen-bond acceptors (Lipinski definition) is 5. The molecule has 1 rings (SSSR count). The Morgan fingerprint density at radius 1 is 1.60 bits per heavy atom. The van der Waals surface area contributed by atoms with Gasteiger partial charge in [0.25, 0.3) is 5.69 Å². The van der Waals surface area contributed by atoms with Crippen LogP contribution in [-0.2, 0) is 0 Å². The number of rotatable bonds is 8. The monoisotopic (exact) mass is 300 g/mol. The van der Waals surface area contributed by atoms with Crippen LogP contribution in [0.5, 0.6) is 0 Å². The highest BCUT2D eigenvalue weighted by atomic mass is 32.2.